The van der Waals surface area contributed by atoms with Crippen LogP contribution in [-0.2, 0) is 11.3 Å². The SMILES string of the molecule is COc1cc(N2CCN(C(=O)Cn3nc4ncccc4c3Cl)CC2)ccc1Cl. The van der Waals surface area contributed by atoms with E-state index in [0.717, 1.165) is 24.2 Å². The van der Waals surface area contributed by atoms with Crippen LogP contribution in [0, 0.1) is 0 Å². The summed E-state index contributed by atoms with van der Waals surface area (Å²) in [5.41, 5.74) is 1.57. The average Bonchev–Trinajstić information content (AvgIpc) is 3.04. The van der Waals surface area contributed by atoms with Gasteiger partial charge < -0.3 is 14.5 Å². The third-order valence-corrected chi connectivity index (χ3v) is 5.58. The maximum atomic E-state index is 12.7. The van der Waals surface area contributed by atoms with Gasteiger partial charge in [-0.25, -0.2) is 9.67 Å². The molecule has 1 aliphatic rings. The molecule has 9 heteroatoms. The fourth-order valence-corrected chi connectivity index (χ4v) is 3.77. The van der Waals surface area contributed by atoms with Gasteiger partial charge in [-0.2, -0.15) is 5.10 Å². The van der Waals surface area contributed by atoms with Gasteiger partial charge in [0, 0.05) is 44.1 Å². The number of carbonyl (C=O) groups is 1. The molecule has 0 unspecified atom stereocenters. The lowest BCUT2D eigenvalue weighted by molar-refractivity contribution is -0.132. The number of hydrogen-bond acceptors (Lipinski definition) is 5. The van der Waals surface area contributed by atoms with Gasteiger partial charge in [0.25, 0.3) is 0 Å². The van der Waals surface area contributed by atoms with Crippen molar-refractivity contribution in [1.29, 1.82) is 0 Å². The average molecular weight is 420 g/mol. The van der Waals surface area contributed by atoms with Crippen molar-refractivity contribution in [2.45, 2.75) is 6.54 Å². The number of halogens is 2. The molecule has 146 valence electrons. The first-order chi connectivity index (χ1) is 13.6. The van der Waals surface area contributed by atoms with Crippen LogP contribution in [-0.4, -0.2) is 58.9 Å². The molecular formula is C19H19Cl2N5O2. The number of pyridine rings is 1. The minimum Gasteiger partial charge on any atom is -0.495 e. The van der Waals surface area contributed by atoms with E-state index < -0.39 is 0 Å². The third kappa shape index (κ3) is 3.59. The highest BCUT2D eigenvalue weighted by Gasteiger charge is 2.23. The van der Waals surface area contributed by atoms with Crippen molar-refractivity contribution in [3.05, 3.63) is 46.7 Å². The molecular weight excluding hydrogens is 401 g/mol. The maximum Gasteiger partial charge on any atom is 0.244 e. The minimum atomic E-state index is -0.0111. The second kappa shape index (κ2) is 7.85. The van der Waals surface area contributed by atoms with E-state index in [0.29, 0.717) is 34.7 Å². The van der Waals surface area contributed by atoms with E-state index >= 15 is 0 Å². The summed E-state index contributed by atoms with van der Waals surface area (Å²) >= 11 is 12.4. The van der Waals surface area contributed by atoms with Gasteiger partial charge in [0.1, 0.15) is 17.4 Å². The monoisotopic (exact) mass is 419 g/mol. The fourth-order valence-electron chi connectivity index (χ4n) is 3.33. The van der Waals surface area contributed by atoms with Gasteiger partial charge in [-0.1, -0.05) is 23.2 Å². The number of aromatic nitrogens is 3. The number of ether oxygens (including phenoxy) is 1. The summed E-state index contributed by atoms with van der Waals surface area (Å²) in [7, 11) is 1.60. The normalized spacial score (nSPS) is 14.5. The van der Waals surface area contributed by atoms with E-state index in [4.69, 9.17) is 27.9 Å². The van der Waals surface area contributed by atoms with Crippen LogP contribution >= 0.6 is 23.2 Å². The zero-order valence-corrected chi connectivity index (χ0v) is 16.8. The summed E-state index contributed by atoms with van der Waals surface area (Å²) < 4.78 is 6.80. The van der Waals surface area contributed by atoms with Crippen molar-refractivity contribution in [3.63, 3.8) is 0 Å². The molecule has 3 heterocycles. The molecule has 3 aromatic rings. The van der Waals surface area contributed by atoms with E-state index in [9.17, 15) is 4.79 Å². The zero-order chi connectivity index (χ0) is 19.7. The number of amides is 1. The molecule has 28 heavy (non-hydrogen) atoms. The molecule has 1 aliphatic heterocycles. The summed E-state index contributed by atoms with van der Waals surface area (Å²) in [4.78, 5) is 20.9. The summed E-state index contributed by atoms with van der Waals surface area (Å²) in [5.74, 6) is 0.634. The Morgan fingerprint density at radius 1 is 1.18 bits per heavy atom. The highest BCUT2D eigenvalue weighted by atomic mass is 35.5. The number of nitrogens with zero attached hydrogens (tertiary/aromatic N) is 5. The Labute approximate surface area is 172 Å². The van der Waals surface area contributed by atoms with E-state index in [1.807, 2.05) is 29.2 Å². The Bertz CT molecular complexity index is 1010. The van der Waals surface area contributed by atoms with E-state index in [1.165, 1.54) is 4.68 Å². The highest BCUT2D eigenvalue weighted by Crippen LogP contribution is 2.30. The van der Waals surface area contributed by atoms with E-state index in [1.54, 1.807) is 19.4 Å². The maximum absolute atomic E-state index is 12.7. The first-order valence-electron chi connectivity index (χ1n) is 8.90. The smallest absolute Gasteiger partial charge is 0.244 e. The molecule has 7 nitrogen and oxygen atoms in total. The lowest BCUT2D eigenvalue weighted by Crippen LogP contribution is -2.49. The van der Waals surface area contributed by atoms with Crippen molar-refractivity contribution < 1.29 is 9.53 Å². The van der Waals surface area contributed by atoms with Crippen molar-refractivity contribution in [2.24, 2.45) is 0 Å². The van der Waals surface area contributed by atoms with Crippen LogP contribution in [0.2, 0.25) is 10.2 Å². The van der Waals surface area contributed by atoms with Crippen molar-refractivity contribution in [1.82, 2.24) is 19.7 Å². The largest absolute Gasteiger partial charge is 0.495 e. The number of piperazine rings is 1. The Hall–Kier alpha value is -2.51. The first kappa shape index (κ1) is 18.8. The number of hydrogen-bond donors (Lipinski definition) is 0. The molecule has 1 saturated heterocycles. The standard InChI is InChI=1S/C19H19Cl2N5O2/c1-28-16-11-13(4-5-15(16)20)24-7-9-25(10-8-24)17(27)12-26-18(21)14-3-2-6-22-19(14)23-26/h2-6,11H,7-10,12H2,1H3. The van der Waals surface area contributed by atoms with E-state index in [-0.39, 0.29) is 12.5 Å². The van der Waals surface area contributed by atoms with Crippen LogP contribution in [0.3, 0.4) is 0 Å². The third-order valence-electron chi connectivity index (χ3n) is 4.87. The van der Waals surface area contributed by atoms with Crippen LogP contribution in [0.15, 0.2) is 36.5 Å². The molecule has 0 atom stereocenters. The van der Waals surface area contributed by atoms with Crippen LogP contribution in [0.1, 0.15) is 0 Å². The molecule has 0 aliphatic carbocycles. The molecule has 1 aromatic carbocycles. The zero-order valence-electron chi connectivity index (χ0n) is 15.3. The second-order valence-corrected chi connectivity index (χ2v) is 7.27. The summed E-state index contributed by atoms with van der Waals surface area (Å²) in [6, 6.07) is 9.35. The predicted octanol–water partition coefficient (Wildman–Crippen LogP) is 3.10. The molecule has 1 amide bonds. The van der Waals surface area contributed by atoms with Crippen LogP contribution in [0.25, 0.3) is 11.0 Å². The Morgan fingerprint density at radius 3 is 2.68 bits per heavy atom. The second-order valence-electron chi connectivity index (χ2n) is 6.51. The van der Waals surface area contributed by atoms with Crippen LogP contribution in [0.5, 0.6) is 5.75 Å². The molecule has 0 radical (unpaired) electrons. The summed E-state index contributed by atoms with van der Waals surface area (Å²) in [6.45, 7) is 2.81. The number of anilines is 1. The Balaban J connectivity index is 1.40. The summed E-state index contributed by atoms with van der Waals surface area (Å²) in [6.07, 6.45) is 1.66. The number of rotatable bonds is 4. The molecule has 4 rings (SSSR count). The van der Waals surface area contributed by atoms with Gasteiger partial charge in [0.2, 0.25) is 5.91 Å². The van der Waals surface area contributed by atoms with Crippen LogP contribution in [0.4, 0.5) is 5.69 Å². The molecule has 0 saturated carbocycles. The lowest BCUT2D eigenvalue weighted by Gasteiger charge is -2.36. The Morgan fingerprint density at radius 2 is 1.96 bits per heavy atom. The predicted molar refractivity (Wildman–Crippen MR) is 109 cm³/mol. The lowest BCUT2D eigenvalue weighted by atomic mass is 10.2. The fraction of sp³-hybridized carbons (Fsp3) is 0.316. The molecule has 1 fully saturated rings. The quantitative estimate of drug-likeness (QED) is 0.649. The van der Waals surface area contributed by atoms with Crippen molar-refractivity contribution in [3.8, 4) is 5.75 Å². The van der Waals surface area contributed by atoms with Crippen molar-refractivity contribution in [2.75, 3.05) is 38.2 Å². The molecule has 0 bridgehead atoms. The van der Waals surface area contributed by atoms with Crippen LogP contribution < -0.4 is 9.64 Å². The van der Waals surface area contributed by atoms with Gasteiger partial charge in [0.05, 0.1) is 17.5 Å². The highest BCUT2D eigenvalue weighted by molar-refractivity contribution is 6.34. The molecule has 2 aromatic heterocycles. The molecule has 0 N–H and O–H groups in total. The molecule has 0 spiro atoms. The van der Waals surface area contributed by atoms with Gasteiger partial charge in [-0.3, -0.25) is 4.79 Å². The van der Waals surface area contributed by atoms with Gasteiger partial charge in [-0.05, 0) is 24.3 Å². The van der Waals surface area contributed by atoms with Gasteiger partial charge in [0.15, 0.2) is 5.65 Å². The topological polar surface area (TPSA) is 63.5 Å². The van der Waals surface area contributed by atoms with Crippen molar-refractivity contribution >= 4 is 45.8 Å². The van der Waals surface area contributed by atoms with Gasteiger partial charge in [-0.15, -0.1) is 0 Å². The first-order valence-corrected chi connectivity index (χ1v) is 9.65. The number of fused-ring (bicyclic) bond motifs is 1. The number of benzene rings is 1. The summed E-state index contributed by atoms with van der Waals surface area (Å²) in [5, 5.41) is 6.09. The number of carbonyl (C=O) groups excluding carboxylic acids is 1. The van der Waals surface area contributed by atoms with Gasteiger partial charge >= 0.3 is 0 Å². The van der Waals surface area contributed by atoms with E-state index in [2.05, 4.69) is 15.0 Å². The number of methoxy groups -OCH3 is 1. The minimum absolute atomic E-state index is 0.0111. The Kier molecular flexibility index (Phi) is 5.28.